The van der Waals surface area contributed by atoms with Crippen LogP contribution in [0.2, 0.25) is 0 Å². The molecule has 2 aliphatic heterocycles. The van der Waals surface area contributed by atoms with Crippen molar-refractivity contribution in [1.82, 2.24) is 10.2 Å². The standard InChI is InChI=1S/C31H41N3O4/c1-4-38-29(36)26-15-9-8-14-25(26)22-19-23-17-18-24(20-22)34(23)28(35)27(33-30(37)31(2,3)32)16-10-13-21-11-6-5-7-12-21/h5-9,11-12,14-15,22-24,27H,4,10,13,16-20,32H2,1-3H3,(H,33,37)/t22?,23?,24?,27-/m1/s1. The molecule has 2 amide bonds. The Kier molecular flexibility index (Phi) is 8.87. The van der Waals surface area contributed by atoms with Crippen molar-refractivity contribution in [1.29, 1.82) is 0 Å². The second-order valence-electron chi connectivity index (χ2n) is 11.2. The van der Waals surface area contributed by atoms with Gasteiger partial charge in [0.05, 0.1) is 17.7 Å². The number of hydrogen-bond donors (Lipinski definition) is 2. The van der Waals surface area contributed by atoms with E-state index in [1.54, 1.807) is 13.8 Å². The molecule has 2 aromatic carbocycles. The minimum Gasteiger partial charge on any atom is -0.462 e. The largest absolute Gasteiger partial charge is 0.462 e. The Balaban J connectivity index is 1.49. The number of fused-ring (bicyclic) bond motifs is 2. The monoisotopic (exact) mass is 519 g/mol. The van der Waals surface area contributed by atoms with E-state index in [0.29, 0.717) is 18.6 Å². The summed E-state index contributed by atoms with van der Waals surface area (Å²) >= 11 is 0. The molecule has 0 radical (unpaired) electrons. The summed E-state index contributed by atoms with van der Waals surface area (Å²) in [4.78, 5) is 41.4. The van der Waals surface area contributed by atoms with Crippen molar-refractivity contribution in [2.45, 2.75) is 95.3 Å². The van der Waals surface area contributed by atoms with Gasteiger partial charge in [0, 0.05) is 12.1 Å². The molecule has 2 saturated heterocycles. The van der Waals surface area contributed by atoms with Crippen LogP contribution in [0.3, 0.4) is 0 Å². The highest BCUT2D eigenvalue weighted by Crippen LogP contribution is 2.44. The van der Waals surface area contributed by atoms with E-state index in [1.807, 2.05) is 54.3 Å². The Morgan fingerprint density at radius 2 is 1.66 bits per heavy atom. The molecule has 0 aromatic heterocycles. The van der Waals surface area contributed by atoms with Crippen LogP contribution >= 0.6 is 0 Å². The van der Waals surface area contributed by atoms with Crippen LogP contribution in [-0.2, 0) is 20.7 Å². The van der Waals surface area contributed by atoms with E-state index in [9.17, 15) is 14.4 Å². The highest BCUT2D eigenvalue weighted by atomic mass is 16.5. The van der Waals surface area contributed by atoms with Gasteiger partial charge in [-0.15, -0.1) is 0 Å². The van der Waals surface area contributed by atoms with Gasteiger partial charge < -0.3 is 20.7 Å². The third kappa shape index (κ3) is 6.44. The average molecular weight is 520 g/mol. The number of nitrogens with zero attached hydrogens (tertiary/aromatic N) is 1. The van der Waals surface area contributed by atoms with Gasteiger partial charge in [-0.3, -0.25) is 9.59 Å². The van der Waals surface area contributed by atoms with Crippen molar-refractivity contribution in [3.8, 4) is 0 Å². The first-order valence-electron chi connectivity index (χ1n) is 13.9. The fourth-order valence-electron chi connectivity index (χ4n) is 5.98. The first-order chi connectivity index (χ1) is 18.2. The zero-order valence-corrected chi connectivity index (χ0v) is 22.8. The van der Waals surface area contributed by atoms with E-state index < -0.39 is 11.6 Å². The molecule has 0 spiro atoms. The van der Waals surface area contributed by atoms with Crippen LogP contribution in [0.5, 0.6) is 0 Å². The molecule has 2 aliphatic rings. The summed E-state index contributed by atoms with van der Waals surface area (Å²) in [6.07, 6.45) is 5.64. The quantitative estimate of drug-likeness (QED) is 0.455. The van der Waals surface area contributed by atoms with Crippen LogP contribution < -0.4 is 11.1 Å². The molecule has 204 valence electrons. The van der Waals surface area contributed by atoms with Gasteiger partial charge in [-0.2, -0.15) is 0 Å². The van der Waals surface area contributed by atoms with Crippen molar-refractivity contribution >= 4 is 17.8 Å². The number of nitrogens with two attached hydrogens (primary N) is 1. The second-order valence-corrected chi connectivity index (χ2v) is 11.2. The minimum absolute atomic E-state index is 0.0136. The van der Waals surface area contributed by atoms with E-state index in [-0.39, 0.29) is 35.8 Å². The number of carbonyl (C=O) groups excluding carboxylic acids is 3. The van der Waals surface area contributed by atoms with Crippen LogP contribution in [0.1, 0.15) is 86.7 Å². The zero-order valence-electron chi connectivity index (χ0n) is 22.8. The Hall–Kier alpha value is -3.19. The molecule has 3 atom stereocenters. The van der Waals surface area contributed by atoms with Gasteiger partial charge in [0.25, 0.3) is 0 Å². The Bertz CT molecular complexity index is 1110. The van der Waals surface area contributed by atoms with Crippen molar-refractivity contribution in [3.05, 3.63) is 71.3 Å². The average Bonchev–Trinajstić information content (AvgIpc) is 3.16. The SMILES string of the molecule is CCOC(=O)c1ccccc1C1CC2CCC(C1)N2C(=O)[C@@H](CCCc1ccccc1)NC(=O)C(C)(C)N. The van der Waals surface area contributed by atoms with Gasteiger partial charge in [0.1, 0.15) is 6.04 Å². The van der Waals surface area contributed by atoms with Gasteiger partial charge >= 0.3 is 5.97 Å². The molecule has 2 heterocycles. The zero-order chi connectivity index (χ0) is 27.3. The fourth-order valence-corrected chi connectivity index (χ4v) is 5.98. The summed E-state index contributed by atoms with van der Waals surface area (Å²) in [6.45, 7) is 5.46. The minimum atomic E-state index is -1.07. The van der Waals surface area contributed by atoms with Crippen LogP contribution in [-0.4, -0.2) is 53.0 Å². The number of aryl methyl sites for hydroxylation is 1. The van der Waals surface area contributed by atoms with Gasteiger partial charge in [0.2, 0.25) is 11.8 Å². The maximum atomic E-state index is 14.0. The summed E-state index contributed by atoms with van der Waals surface area (Å²) in [7, 11) is 0. The smallest absolute Gasteiger partial charge is 0.338 e. The molecule has 0 saturated carbocycles. The lowest BCUT2D eigenvalue weighted by atomic mass is 9.82. The Morgan fingerprint density at radius 1 is 1.03 bits per heavy atom. The highest BCUT2D eigenvalue weighted by Gasteiger charge is 2.46. The number of amides is 2. The maximum Gasteiger partial charge on any atom is 0.338 e. The number of benzene rings is 2. The van der Waals surface area contributed by atoms with Gasteiger partial charge in [-0.05, 0) is 88.8 Å². The number of carbonyl (C=O) groups is 3. The molecule has 2 bridgehead atoms. The molecule has 2 aromatic rings. The van der Waals surface area contributed by atoms with Crippen LogP contribution in [0.4, 0.5) is 0 Å². The van der Waals surface area contributed by atoms with Crippen molar-refractivity contribution in [2.24, 2.45) is 5.73 Å². The predicted molar refractivity (Wildman–Crippen MR) is 148 cm³/mol. The molecule has 7 heteroatoms. The number of hydrogen-bond acceptors (Lipinski definition) is 5. The van der Waals surface area contributed by atoms with E-state index in [4.69, 9.17) is 10.5 Å². The van der Waals surface area contributed by atoms with Gasteiger partial charge in [0.15, 0.2) is 0 Å². The summed E-state index contributed by atoms with van der Waals surface area (Å²) in [6, 6.07) is 17.4. The topological polar surface area (TPSA) is 102 Å². The first-order valence-corrected chi connectivity index (χ1v) is 13.9. The number of rotatable bonds is 10. The normalized spacial score (nSPS) is 21.6. The summed E-state index contributed by atoms with van der Waals surface area (Å²) < 4.78 is 5.30. The Labute approximate surface area is 226 Å². The fraction of sp³-hybridized carbons (Fsp3) is 0.516. The molecule has 2 unspecified atom stereocenters. The molecular weight excluding hydrogens is 478 g/mol. The van der Waals surface area contributed by atoms with E-state index >= 15 is 0 Å². The van der Waals surface area contributed by atoms with Crippen LogP contribution in [0, 0.1) is 0 Å². The summed E-state index contributed by atoms with van der Waals surface area (Å²) in [5.74, 6) is -0.438. The summed E-state index contributed by atoms with van der Waals surface area (Å²) in [5.41, 5.74) is 7.83. The lowest BCUT2D eigenvalue weighted by molar-refractivity contribution is -0.141. The van der Waals surface area contributed by atoms with Crippen molar-refractivity contribution in [2.75, 3.05) is 6.61 Å². The third-order valence-corrected chi connectivity index (χ3v) is 7.87. The Morgan fingerprint density at radius 3 is 2.29 bits per heavy atom. The highest BCUT2D eigenvalue weighted by molar-refractivity contribution is 5.92. The lowest BCUT2D eigenvalue weighted by Crippen LogP contribution is -2.58. The second kappa shape index (κ2) is 12.1. The maximum absolute atomic E-state index is 14.0. The van der Waals surface area contributed by atoms with Crippen molar-refractivity contribution in [3.63, 3.8) is 0 Å². The van der Waals surface area contributed by atoms with Crippen LogP contribution in [0.15, 0.2) is 54.6 Å². The van der Waals surface area contributed by atoms with Crippen LogP contribution in [0.25, 0.3) is 0 Å². The van der Waals surface area contributed by atoms with E-state index in [2.05, 4.69) is 17.4 Å². The first kappa shape index (κ1) is 27.8. The number of piperidine rings is 1. The van der Waals surface area contributed by atoms with E-state index in [0.717, 1.165) is 44.1 Å². The molecule has 7 nitrogen and oxygen atoms in total. The third-order valence-electron chi connectivity index (χ3n) is 7.87. The predicted octanol–water partition coefficient (Wildman–Crippen LogP) is 4.35. The summed E-state index contributed by atoms with van der Waals surface area (Å²) in [5, 5.41) is 2.97. The van der Waals surface area contributed by atoms with E-state index in [1.165, 1.54) is 5.56 Å². The van der Waals surface area contributed by atoms with Gasteiger partial charge in [-0.25, -0.2) is 4.79 Å². The molecular formula is C31H41N3O4. The molecule has 38 heavy (non-hydrogen) atoms. The molecule has 2 fully saturated rings. The molecule has 0 aliphatic carbocycles. The number of nitrogens with one attached hydrogen (secondary N) is 1. The molecule has 4 rings (SSSR count). The van der Waals surface area contributed by atoms with Crippen molar-refractivity contribution < 1.29 is 19.1 Å². The number of ether oxygens (including phenoxy) is 1. The molecule has 3 N–H and O–H groups in total. The number of esters is 1. The lowest BCUT2D eigenvalue weighted by Gasteiger charge is -2.41. The van der Waals surface area contributed by atoms with Gasteiger partial charge in [-0.1, -0.05) is 48.5 Å².